The Morgan fingerprint density at radius 1 is 0.663 bits per heavy atom. The number of nitrogens with two attached hydrogens (primary N) is 1. The van der Waals surface area contributed by atoms with Gasteiger partial charge in [-0.2, -0.15) is 0 Å². The van der Waals surface area contributed by atoms with Gasteiger partial charge in [-0.05, 0) is 72.9 Å². The largest absolute Gasteiger partial charge is 0.477 e. The second-order valence-electron chi connectivity index (χ2n) is 24.4. The monoisotopic (exact) mass is 1370 g/mol. The van der Waals surface area contributed by atoms with Crippen LogP contribution < -0.4 is 43.0 Å². The number of nitrogens with one attached hydrogen (secondary N) is 7. The number of likely N-dealkylation sites (N-methyl/N-ethyl adjacent to an activating group) is 1. The Labute approximate surface area is 543 Å². The molecule has 0 aromatic carbocycles. The zero-order chi connectivity index (χ0) is 70.7. The van der Waals surface area contributed by atoms with E-state index in [1.807, 2.05) is 0 Å². The van der Waals surface area contributed by atoms with Crippen LogP contribution in [0.4, 0.5) is 0 Å². The number of carboxylic acid groups (broad SMARTS) is 1. The molecule has 538 valence electrons. The van der Waals surface area contributed by atoms with E-state index in [1.165, 1.54) is 23.6 Å². The molecule has 6 rings (SSSR count). The van der Waals surface area contributed by atoms with Crippen molar-refractivity contribution in [2.75, 3.05) is 59.7 Å². The number of aliphatic hydroxyl groups excluding tert-OH is 10. The fourth-order valence-electron chi connectivity index (χ4n) is 12.3. The first-order chi connectivity index (χ1) is 44.7. The lowest BCUT2D eigenvalue weighted by Gasteiger charge is -2.51. The Balaban J connectivity index is 1.28. The van der Waals surface area contributed by atoms with Gasteiger partial charge >= 0.3 is 5.97 Å². The van der Waals surface area contributed by atoms with E-state index in [0.717, 1.165) is 27.2 Å². The molecule has 0 aliphatic carbocycles. The van der Waals surface area contributed by atoms with Crippen molar-refractivity contribution in [2.45, 2.75) is 226 Å². The summed E-state index contributed by atoms with van der Waals surface area (Å²) in [4.78, 5) is 151. The Bertz CT molecular complexity index is 2740. The number of rotatable bonds is 29. The molecular formula is C56H91N11O28. The average Bonchev–Trinajstić information content (AvgIpc) is 1.70. The van der Waals surface area contributed by atoms with Crippen molar-refractivity contribution in [3.05, 3.63) is 0 Å². The molecule has 0 radical (unpaired) electrons. The van der Waals surface area contributed by atoms with E-state index in [0.29, 0.717) is 25.8 Å². The molecule has 6 aliphatic rings. The van der Waals surface area contributed by atoms with Crippen LogP contribution in [0, 0.1) is 0 Å². The van der Waals surface area contributed by atoms with Gasteiger partial charge in [0.2, 0.25) is 59.1 Å². The summed E-state index contributed by atoms with van der Waals surface area (Å²) in [6.45, 7) is 1.25. The molecule has 6 fully saturated rings. The summed E-state index contributed by atoms with van der Waals surface area (Å²) in [5.74, 6) is -13.9. The molecule has 10 amide bonds. The van der Waals surface area contributed by atoms with Gasteiger partial charge in [-0.3, -0.25) is 52.8 Å². The number of nitrogens with zero attached hydrogens (tertiary/aromatic N) is 3. The number of carbonyl (C=O) groups is 11. The van der Waals surface area contributed by atoms with Crippen LogP contribution in [-0.2, 0) is 81.2 Å². The van der Waals surface area contributed by atoms with Crippen molar-refractivity contribution in [2.24, 2.45) is 5.73 Å². The summed E-state index contributed by atoms with van der Waals surface area (Å²) < 4.78 is 35.4. The fourth-order valence-corrected chi connectivity index (χ4v) is 12.3. The van der Waals surface area contributed by atoms with Gasteiger partial charge in [0.25, 0.3) is 5.79 Å². The van der Waals surface area contributed by atoms with E-state index >= 15 is 0 Å². The molecule has 6 saturated heterocycles. The molecule has 0 aromatic rings. The summed E-state index contributed by atoms with van der Waals surface area (Å²) >= 11 is 0. The number of likely N-dealkylation sites (tertiary alicyclic amines) is 3. The highest BCUT2D eigenvalue weighted by Gasteiger charge is 2.61. The number of aliphatic hydroxyl groups is 10. The molecule has 39 nitrogen and oxygen atoms in total. The third-order valence-electron chi connectivity index (χ3n) is 17.5. The third kappa shape index (κ3) is 18.6. The predicted molar refractivity (Wildman–Crippen MR) is 313 cm³/mol. The first-order valence-corrected chi connectivity index (χ1v) is 31.1. The van der Waals surface area contributed by atoms with E-state index in [1.54, 1.807) is 11.9 Å². The van der Waals surface area contributed by atoms with Crippen molar-refractivity contribution in [3.8, 4) is 0 Å². The average molecular weight is 1370 g/mol. The summed E-state index contributed by atoms with van der Waals surface area (Å²) in [5, 5.41) is 136. The first kappa shape index (κ1) is 77.5. The van der Waals surface area contributed by atoms with Gasteiger partial charge in [0, 0.05) is 33.4 Å². The number of amides is 10. The standard InChI is InChI=1S/C56H91N11O28/c1-22(46(57)81)59-49(84)29-11-8-14-66(29)52(87)30-12-9-15-67(30)51(86)23(2)60-50(85)36(64-47(82)27(18-68)63-35(76)17-58-48(83)28-10-7-13-65(28)6)24(3)90-53-38(62-26(5)73)43(40(78)33(20-70)91-53)93-54-42(80)45(41(79)34(21-71)92-54)95-56(55(88)89)16-31(74)37(61-25(4)72)44(94-56)39(77)32(75)19-69/h22-24,27-34,36-45,53-54,68-71,74-75,77-80H,7-21H2,1-6H3,(H2,57,81)(H,58,83)(H,59,84)(H,60,85)(H,61,72)(H,62,73)(H,63,76)(H,64,82)(H,88,89)/t22?,23?,24?,27?,28?,29?,30?,31-,32-,33?,34?,36?,37-,38?,39-,40+,41+,42?,43-,44?,45+,53+,54+,56+/m1/s1. The van der Waals surface area contributed by atoms with Gasteiger partial charge < -0.3 is 137 Å². The number of hydrogen-bond donors (Lipinski definition) is 19. The van der Waals surface area contributed by atoms with E-state index in [9.17, 15) is 109 Å². The van der Waals surface area contributed by atoms with Gasteiger partial charge in [0.15, 0.2) is 12.6 Å². The van der Waals surface area contributed by atoms with E-state index in [4.69, 9.17) is 34.2 Å². The third-order valence-corrected chi connectivity index (χ3v) is 17.5. The van der Waals surface area contributed by atoms with Crippen molar-refractivity contribution in [1.82, 2.24) is 51.9 Å². The van der Waals surface area contributed by atoms with Crippen molar-refractivity contribution in [1.29, 1.82) is 0 Å². The van der Waals surface area contributed by atoms with Gasteiger partial charge in [-0.15, -0.1) is 0 Å². The second-order valence-corrected chi connectivity index (χ2v) is 24.4. The molecule has 24 atom stereocenters. The molecule has 20 N–H and O–H groups in total. The molecule has 6 aliphatic heterocycles. The zero-order valence-electron chi connectivity index (χ0n) is 53.2. The fraction of sp³-hybridized carbons (Fsp3) is 0.804. The number of primary amides is 1. The normalized spacial score (nSPS) is 33.3. The van der Waals surface area contributed by atoms with Crippen molar-refractivity contribution < 1.29 is 137 Å². The maximum Gasteiger partial charge on any atom is 0.364 e. The lowest BCUT2D eigenvalue weighted by atomic mass is 9.88. The highest BCUT2D eigenvalue weighted by atomic mass is 16.8. The van der Waals surface area contributed by atoms with Crippen LogP contribution in [0.1, 0.15) is 79.6 Å². The smallest absolute Gasteiger partial charge is 0.364 e. The molecule has 13 unspecified atom stereocenters. The molecule has 0 aromatic heterocycles. The summed E-state index contributed by atoms with van der Waals surface area (Å²) in [5.41, 5.74) is 5.33. The van der Waals surface area contributed by atoms with E-state index < -0.39 is 250 Å². The topological polar surface area (TPSA) is 586 Å². The van der Waals surface area contributed by atoms with Crippen LogP contribution in [0.2, 0.25) is 0 Å². The molecule has 6 heterocycles. The van der Waals surface area contributed by atoms with Crippen molar-refractivity contribution >= 4 is 65.0 Å². The Morgan fingerprint density at radius 2 is 1.24 bits per heavy atom. The molecule has 39 heteroatoms. The van der Waals surface area contributed by atoms with Crippen LogP contribution in [-0.4, -0.2) is 342 Å². The molecular weight excluding hydrogens is 1270 g/mol. The zero-order valence-corrected chi connectivity index (χ0v) is 53.2. The summed E-state index contributed by atoms with van der Waals surface area (Å²) in [6.07, 6.45) is -28.5. The Hall–Kier alpha value is -6.51. The van der Waals surface area contributed by atoms with Crippen LogP contribution in [0.15, 0.2) is 0 Å². The number of ether oxygens (including phenoxy) is 6. The lowest BCUT2D eigenvalue weighted by Crippen LogP contribution is -2.71. The highest BCUT2D eigenvalue weighted by Crippen LogP contribution is 2.39. The lowest BCUT2D eigenvalue weighted by molar-refractivity contribution is -0.382. The van der Waals surface area contributed by atoms with Crippen LogP contribution in [0.3, 0.4) is 0 Å². The second kappa shape index (κ2) is 34.1. The quantitative estimate of drug-likeness (QED) is 0.0331. The van der Waals surface area contributed by atoms with Crippen LogP contribution >= 0.6 is 0 Å². The van der Waals surface area contributed by atoms with E-state index in [2.05, 4.69) is 37.2 Å². The number of aliphatic carboxylic acids is 1. The summed E-state index contributed by atoms with van der Waals surface area (Å²) in [7, 11) is 1.72. The van der Waals surface area contributed by atoms with Gasteiger partial charge in [0.05, 0.1) is 57.3 Å². The van der Waals surface area contributed by atoms with Crippen molar-refractivity contribution in [3.63, 3.8) is 0 Å². The number of carboxylic acids is 1. The number of hydrogen-bond acceptors (Lipinski definition) is 28. The molecule has 0 saturated carbocycles. The maximum atomic E-state index is 14.8. The van der Waals surface area contributed by atoms with Crippen LogP contribution in [0.25, 0.3) is 0 Å². The SMILES string of the molecule is CC(=O)NC1[C@@H](OC(C)C(NC(=O)C(CO)NC(=O)CNC(=O)C2CCCN2C)C(=O)NC(C)C(=O)N2CCCC2C(=O)N2CCCC2C(=O)NC(C)C(N)=O)OC(CO)[C@H](O)[C@@H]1O[C@@H]1OC(CO)[C@H](O)[C@H](O[C@]2(C(=O)O)C[C@@H](O)[C@@H](NC(C)=O)C([C@H](O)[C@H](O)CO)O2)C1O. The first-order valence-electron chi connectivity index (χ1n) is 31.1. The molecule has 95 heavy (non-hydrogen) atoms. The minimum absolute atomic E-state index is 0.00319. The minimum atomic E-state index is -3.24. The maximum absolute atomic E-state index is 14.8. The molecule has 0 bridgehead atoms. The van der Waals surface area contributed by atoms with Gasteiger partial charge in [-0.25, -0.2) is 4.79 Å². The predicted octanol–water partition coefficient (Wildman–Crippen LogP) is -12.0. The summed E-state index contributed by atoms with van der Waals surface area (Å²) in [6, 6.07) is -12.8. The minimum Gasteiger partial charge on any atom is -0.477 e. The van der Waals surface area contributed by atoms with E-state index in [-0.39, 0.29) is 25.9 Å². The van der Waals surface area contributed by atoms with Gasteiger partial charge in [0.1, 0.15) is 103 Å². The Kier molecular flexibility index (Phi) is 27.8. The van der Waals surface area contributed by atoms with Gasteiger partial charge in [-0.1, -0.05) is 0 Å². The Morgan fingerprint density at radius 3 is 1.81 bits per heavy atom. The number of carbonyl (C=O) groups excluding carboxylic acids is 10. The highest BCUT2D eigenvalue weighted by molar-refractivity contribution is 5.98. The molecule has 0 spiro atoms. The van der Waals surface area contributed by atoms with Crippen LogP contribution in [0.5, 0.6) is 0 Å².